The Balaban J connectivity index is 1.21. The first-order valence-corrected chi connectivity index (χ1v) is 14.1. The van der Waals surface area contributed by atoms with Gasteiger partial charge in [-0.05, 0) is 62.7 Å². The number of fused-ring (bicyclic) bond motifs is 1. The second kappa shape index (κ2) is 9.82. The number of aromatic nitrogens is 4. The zero-order chi connectivity index (χ0) is 27.4. The quantitative estimate of drug-likeness (QED) is 0.337. The van der Waals surface area contributed by atoms with E-state index in [-0.39, 0.29) is 11.8 Å². The van der Waals surface area contributed by atoms with Crippen LogP contribution in [0.4, 0.5) is 9.18 Å². The van der Waals surface area contributed by atoms with Crippen molar-refractivity contribution in [2.45, 2.75) is 25.9 Å². The fourth-order valence-electron chi connectivity index (χ4n) is 6.63. The van der Waals surface area contributed by atoms with E-state index in [0.717, 1.165) is 77.0 Å². The van der Waals surface area contributed by atoms with Gasteiger partial charge in [-0.1, -0.05) is 6.07 Å². The Bertz CT molecular complexity index is 1710. The highest BCUT2D eigenvalue weighted by atomic mass is 19.1. The molecule has 9 heteroatoms. The predicted octanol–water partition coefficient (Wildman–Crippen LogP) is 5.30. The molecule has 8 nitrogen and oxygen atoms in total. The number of carbonyl (C=O) groups excluding carboxylic acids is 1. The number of nitrogens with one attached hydrogen (secondary N) is 1. The molecular formula is C31H34FN7O. The summed E-state index contributed by atoms with van der Waals surface area (Å²) in [5.41, 5.74) is 6.68. The molecule has 6 heterocycles. The standard InChI is InChI=1S/C31H34FN7O/c1-35(2)18-21-6-9-36(10-7-21)31(40)38-12-11-37-20-27(24-14-23(32)13-22(19-38)30(24)37)25-15-33-16-26(25)28-17-34-29-5-3-4-8-39(28)29/h3-5,8,13-17,20-21,33H,6-7,9-12,18-19H2,1-2H3. The summed E-state index contributed by atoms with van der Waals surface area (Å²) in [5.74, 6) is 0.344. The van der Waals surface area contributed by atoms with E-state index < -0.39 is 0 Å². The third kappa shape index (κ3) is 4.25. The van der Waals surface area contributed by atoms with Crippen LogP contribution in [0.1, 0.15) is 18.4 Å². The maximum Gasteiger partial charge on any atom is 0.320 e. The van der Waals surface area contributed by atoms with Crippen molar-refractivity contribution in [3.63, 3.8) is 0 Å². The summed E-state index contributed by atoms with van der Waals surface area (Å²) in [5, 5.41) is 0.864. The van der Waals surface area contributed by atoms with Gasteiger partial charge in [0.15, 0.2) is 0 Å². The minimum absolute atomic E-state index is 0.0622. The van der Waals surface area contributed by atoms with Crippen LogP contribution in [-0.4, -0.2) is 79.9 Å². The van der Waals surface area contributed by atoms with Crippen LogP contribution in [0, 0.1) is 11.7 Å². The number of hydrogen-bond acceptors (Lipinski definition) is 3. The number of aromatic amines is 1. The number of H-pyrrole nitrogens is 1. The molecule has 0 atom stereocenters. The van der Waals surface area contributed by atoms with Gasteiger partial charge in [0.05, 0.1) is 17.4 Å². The first-order valence-electron chi connectivity index (χ1n) is 14.1. The maximum atomic E-state index is 15.1. The van der Waals surface area contributed by atoms with E-state index in [0.29, 0.717) is 25.6 Å². The maximum absolute atomic E-state index is 15.1. The zero-order valence-electron chi connectivity index (χ0n) is 23.0. The topological polar surface area (TPSA) is 64.8 Å². The molecule has 4 aromatic heterocycles. The number of carbonyl (C=O) groups is 1. The minimum Gasteiger partial charge on any atom is -0.366 e. The number of nitrogens with zero attached hydrogens (tertiary/aromatic N) is 6. The molecule has 0 aliphatic carbocycles. The molecule has 1 aromatic carbocycles. The fraction of sp³-hybridized carbons (Fsp3) is 0.355. The van der Waals surface area contributed by atoms with Crippen molar-refractivity contribution in [1.82, 2.24) is 33.6 Å². The molecule has 1 N–H and O–H groups in total. The van der Waals surface area contributed by atoms with Crippen molar-refractivity contribution in [3.05, 3.63) is 72.7 Å². The molecule has 0 spiro atoms. The number of rotatable bonds is 4. The normalized spacial score (nSPS) is 16.4. The summed E-state index contributed by atoms with van der Waals surface area (Å²) in [4.78, 5) is 27.5. The van der Waals surface area contributed by atoms with Gasteiger partial charge in [-0.25, -0.2) is 14.2 Å². The first kappa shape index (κ1) is 24.9. The van der Waals surface area contributed by atoms with Gasteiger partial charge < -0.3 is 24.3 Å². The summed E-state index contributed by atoms with van der Waals surface area (Å²) in [6, 6.07) is 9.23. The van der Waals surface area contributed by atoms with Gasteiger partial charge in [0.1, 0.15) is 11.5 Å². The van der Waals surface area contributed by atoms with Crippen molar-refractivity contribution < 1.29 is 9.18 Å². The van der Waals surface area contributed by atoms with E-state index in [4.69, 9.17) is 0 Å². The van der Waals surface area contributed by atoms with E-state index in [9.17, 15) is 4.79 Å². The molecule has 0 unspecified atom stereocenters. The molecule has 0 radical (unpaired) electrons. The minimum atomic E-state index is -0.285. The van der Waals surface area contributed by atoms with Gasteiger partial charge in [0, 0.05) is 86.1 Å². The Kier molecular flexibility index (Phi) is 6.11. The molecule has 206 valence electrons. The number of likely N-dealkylation sites (tertiary alicyclic amines) is 1. The van der Waals surface area contributed by atoms with Crippen molar-refractivity contribution in [3.8, 4) is 22.4 Å². The Morgan fingerprint density at radius 2 is 1.88 bits per heavy atom. The summed E-state index contributed by atoms with van der Waals surface area (Å²) in [6.45, 7) is 4.27. The number of imidazole rings is 1. The van der Waals surface area contributed by atoms with E-state index in [1.54, 1.807) is 12.1 Å². The average molecular weight is 540 g/mol. The summed E-state index contributed by atoms with van der Waals surface area (Å²) >= 11 is 0. The number of piperidine rings is 1. The van der Waals surface area contributed by atoms with Crippen LogP contribution in [0.5, 0.6) is 0 Å². The van der Waals surface area contributed by atoms with Crippen LogP contribution in [-0.2, 0) is 13.1 Å². The summed E-state index contributed by atoms with van der Waals surface area (Å²) in [7, 11) is 4.21. The highest BCUT2D eigenvalue weighted by molar-refractivity contribution is 6.01. The van der Waals surface area contributed by atoms with Gasteiger partial charge >= 0.3 is 6.03 Å². The first-order chi connectivity index (χ1) is 19.5. The van der Waals surface area contributed by atoms with Crippen molar-refractivity contribution in [2.75, 3.05) is 40.3 Å². The van der Waals surface area contributed by atoms with Gasteiger partial charge in [-0.3, -0.25) is 4.40 Å². The lowest BCUT2D eigenvalue weighted by Crippen LogP contribution is -2.47. The number of amides is 2. The third-order valence-electron chi connectivity index (χ3n) is 8.50. The van der Waals surface area contributed by atoms with Crippen molar-refractivity contribution in [1.29, 1.82) is 0 Å². The molecule has 1 saturated heterocycles. The lowest BCUT2D eigenvalue weighted by Gasteiger charge is -2.36. The van der Waals surface area contributed by atoms with Gasteiger partial charge in [0.25, 0.3) is 0 Å². The lowest BCUT2D eigenvalue weighted by atomic mass is 9.96. The molecule has 5 aromatic rings. The molecule has 0 saturated carbocycles. The third-order valence-corrected chi connectivity index (χ3v) is 8.50. The van der Waals surface area contributed by atoms with Crippen LogP contribution in [0.25, 0.3) is 38.9 Å². The molecule has 2 aliphatic heterocycles. The van der Waals surface area contributed by atoms with Crippen LogP contribution in [0.3, 0.4) is 0 Å². The fourth-order valence-corrected chi connectivity index (χ4v) is 6.63. The summed E-state index contributed by atoms with van der Waals surface area (Å²) in [6.07, 6.45) is 12.0. The second-order valence-electron chi connectivity index (χ2n) is 11.4. The monoisotopic (exact) mass is 539 g/mol. The second-order valence-corrected chi connectivity index (χ2v) is 11.4. The van der Waals surface area contributed by atoms with Gasteiger partial charge in [0.2, 0.25) is 0 Å². The Hall–Kier alpha value is -4.11. The molecule has 1 fully saturated rings. The van der Waals surface area contributed by atoms with Crippen molar-refractivity contribution in [2.24, 2.45) is 5.92 Å². The largest absolute Gasteiger partial charge is 0.366 e. The van der Waals surface area contributed by atoms with Crippen molar-refractivity contribution >= 4 is 22.6 Å². The summed E-state index contributed by atoms with van der Waals surface area (Å²) < 4.78 is 19.4. The predicted molar refractivity (Wildman–Crippen MR) is 155 cm³/mol. The Morgan fingerprint density at radius 1 is 1.05 bits per heavy atom. The Morgan fingerprint density at radius 3 is 2.70 bits per heavy atom. The molecular weight excluding hydrogens is 505 g/mol. The number of urea groups is 1. The lowest BCUT2D eigenvalue weighted by molar-refractivity contribution is 0.124. The van der Waals surface area contributed by atoms with Crippen LogP contribution >= 0.6 is 0 Å². The molecule has 2 amide bonds. The zero-order valence-corrected chi connectivity index (χ0v) is 23.0. The number of halogens is 1. The molecule has 7 rings (SSSR count). The van der Waals surface area contributed by atoms with E-state index >= 15 is 4.39 Å². The van der Waals surface area contributed by atoms with Gasteiger partial charge in [-0.2, -0.15) is 0 Å². The molecule has 0 bridgehead atoms. The number of benzene rings is 1. The van der Waals surface area contributed by atoms with Crippen LogP contribution in [0.15, 0.2) is 61.3 Å². The number of hydrogen-bond donors (Lipinski definition) is 1. The van der Waals surface area contributed by atoms with Crippen LogP contribution in [0.2, 0.25) is 0 Å². The number of pyridine rings is 1. The smallest absolute Gasteiger partial charge is 0.320 e. The molecule has 40 heavy (non-hydrogen) atoms. The van der Waals surface area contributed by atoms with E-state index in [1.807, 2.05) is 52.8 Å². The van der Waals surface area contributed by atoms with Gasteiger partial charge in [-0.15, -0.1) is 0 Å². The molecule has 2 aliphatic rings. The van der Waals surface area contributed by atoms with E-state index in [2.05, 4.69) is 44.1 Å². The van der Waals surface area contributed by atoms with E-state index in [1.165, 1.54) is 0 Å². The SMILES string of the molecule is CN(C)CC1CCN(C(=O)N2CCn3cc(-c4c[nH]cc4-c4cnc5ccccn45)c4cc(F)cc(c43)C2)CC1. The van der Waals surface area contributed by atoms with Crippen LogP contribution < -0.4 is 0 Å². The highest BCUT2D eigenvalue weighted by Gasteiger charge is 2.29. The Labute approximate surface area is 232 Å². The highest BCUT2D eigenvalue weighted by Crippen LogP contribution is 2.40. The average Bonchev–Trinajstić information content (AvgIpc) is 3.64.